The summed E-state index contributed by atoms with van der Waals surface area (Å²) in [7, 11) is -2.84. The van der Waals surface area contributed by atoms with Gasteiger partial charge >= 0.3 is 7.60 Å². The lowest BCUT2D eigenvalue weighted by Gasteiger charge is -2.25. The van der Waals surface area contributed by atoms with Crippen molar-refractivity contribution in [3.63, 3.8) is 0 Å². The van der Waals surface area contributed by atoms with E-state index in [-0.39, 0.29) is 18.9 Å². The van der Waals surface area contributed by atoms with E-state index in [2.05, 4.69) is 17.2 Å². The topological polar surface area (TPSA) is 138 Å². The van der Waals surface area contributed by atoms with Crippen molar-refractivity contribution in [2.75, 3.05) is 13.3 Å². The van der Waals surface area contributed by atoms with Crippen molar-refractivity contribution in [1.29, 1.82) is 0 Å². The minimum atomic E-state index is -4.47. The van der Waals surface area contributed by atoms with Gasteiger partial charge in [0.2, 0.25) is 5.91 Å². The molecule has 9 nitrogen and oxygen atoms in total. The Morgan fingerprint density at radius 2 is 1.40 bits per heavy atom. The number of nitrogens with one attached hydrogen (secondary N) is 1. The fourth-order valence-corrected chi connectivity index (χ4v) is 6.68. The van der Waals surface area contributed by atoms with Crippen LogP contribution in [0.3, 0.4) is 0 Å². The van der Waals surface area contributed by atoms with E-state index in [9.17, 15) is 24.3 Å². The molecule has 0 saturated heterocycles. The number of aryl methyl sites for hydroxylation is 1. The van der Waals surface area contributed by atoms with Crippen molar-refractivity contribution in [1.82, 2.24) is 10.3 Å². The normalized spacial score (nSPS) is 12.9. The largest absolute Gasteiger partial charge is 0.496 e. The van der Waals surface area contributed by atoms with E-state index < -0.39 is 25.9 Å². The molecule has 1 amide bonds. The molecule has 0 aliphatic heterocycles. The standard InChI is InChI=1S/C37H61N2O7P/c1-5-6-7-8-9-10-11-12-13-14-15-16-17-18-19-20-36(41)39-33(35(40)28-47(42,43)44)25-31-21-23-32(24-22-31)46-27-34-30(3)37(45-4)29(2)26-38-34/h21-24,26,33,35,40H,5-20,25,27-28H2,1-4H3,(H,39,41)(H2,42,43,44)/t33-,35?/m0/s1. The Morgan fingerprint density at radius 1 is 0.872 bits per heavy atom. The average Bonchev–Trinajstić information content (AvgIpc) is 3.02. The molecule has 1 aromatic heterocycles. The third kappa shape index (κ3) is 17.5. The lowest BCUT2D eigenvalue weighted by Crippen LogP contribution is -2.46. The van der Waals surface area contributed by atoms with Gasteiger partial charge in [0.25, 0.3) is 0 Å². The molecule has 10 heteroatoms. The number of aromatic nitrogens is 1. The van der Waals surface area contributed by atoms with Gasteiger partial charge in [-0.1, -0.05) is 109 Å². The van der Waals surface area contributed by atoms with E-state index in [0.717, 1.165) is 47.4 Å². The Morgan fingerprint density at radius 3 is 1.91 bits per heavy atom. The quantitative estimate of drug-likeness (QED) is 0.0579. The van der Waals surface area contributed by atoms with Crippen LogP contribution in [-0.2, 0) is 22.4 Å². The van der Waals surface area contributed by atoms with Crippen LogP contribution < -0.4 is 14.8 Å². The van der Waals surface area contributed by atoms with E-state index >= 15 is 0 Å². The van der Waals surface area contributed by atoms with Gasteiger partial charge in [0.1, 0.15) is 18.1 Å². The van der Waals surface area contributed by atoms with Gasteiger partial charge in [-0.25, -0.2) is 0 Å². The minimum absolute atomic E-state index is 0.217. The number of amides is 1. The minimum Gasteiger partial charge on any atom is -0.496 e. The van der Waals surface area contributed by atoms with Crippen LogP contribution >= 0.6 is 7.60 Å². The number of rotatable bonds is 26. The van der Waals surface area contributed by atoms with Gasteiger partial charge in [0.05, 0.1) is 31.1 Å². The number of carbonyl (C=O) groups is 1. The highest BCUT2D eigenvalue weighted by Crippen LogP contribution is 2.36. The summed E-state index contributed by atoms with van der Waals surface area (Å²) >= 11 is 0. The van der Waals surface area contributed by atoms with Crippen LogP contribution in [0.25, 0.3) is 0 Å². The number of aliphatic hydroxyl groups excluding tert-OH is 1. The zero-order valence-corrected chi connectivity index (χ0v) is 30.2. The van der Waals surface area contributed by atoms with Crippen LogP contribution in [-0.4, -0.2) is 51.2 Å². The van der Waals surface area contributed by atoms with Crippen molar-refractivity contribution in [2.24, 2.45) is 0 Å². The number of pyridine rings is 1. The lowest BCUT2D eigenvalue weighted by atomic mass is 10.0. The molecule has 0 saturated carbocycles. The van der Waals surface area contributed by atoms with Gasteiger partial charge in [0, 0.05) is 23.7 Å². The van der Waals surface area contributed by atoms with Crippen molar-refractivity contribution < 1.29 is 33.7 Å². The van der Waals surface area contributed by atoms with Gasteiger partial charge < -0.3 is 29.7 Å². The Kier molecular flexibility index (Phi) is 19.9. The molecule has 266 valence electrons. The van der Waals surface area contributed by atoms with Crippen LogP contribution in [0, 0.1) is 13.8 Å². The van der Waals surface area contributed by atoms with E-state index in [1.54, 1.807) is 25.4 Å². The van der Waals surface area contributed by atoms with Gasteiger partial charge in [-0.05, 0) is 44.4 Å². The second-order valence-electron chi connectivity index (χ2n) is 13.0. The number of unbranched alkanes of at least 4 members (excludes halogenated alkanes) is 14. The Labute approximate surface area is 283 Å². The first kappa shape index (κ1) is 40.7. The zero-order chi connectivity index (χ0) is 34.5. The Hall–Kier alpha value is -2.45. The molecule has 2 rings (SSSR count). The summed E-state index contributed by atoms with van der Waals surface area (Å²) in [6.45, 7) is 6.40. The van der Waals surface area contributed by atoms with Gasteiger partial charge in [-0.2, -0.15) is 0 Å². The molecule has 0 radical (unpaired) electrons. The highest BCUT2D eigenvalue weighted by molar-refractivity contribution is 7.51. The number of hydrogen-bond acceptors (Lipinski definition) is 6. The molecule has 1 unspecified atom stereocenters. The molecule has 1 aromatic carbocycles. The smallest absolute Gasteiger partial charge is 0.328 e. The molecular weight excluding hydrogens is 615 g/mol. The first-order valence-corrected chi connectivity index (χ1v) is 19.6. The number of benzene rings is 1. The molecule has 2 aromatic rings. The third-order valence-corrected chi connectivity index (χ3v) is 9.60. The van der Waals surface area contributed by atoms with Gasteiger partial charge in [-0.3, -0.25) is 14.3 Å². The molecule has 4 N–H and O–H groups in total. The molecule has 0 fully saturated rings. The van der Waals surface area contributed by atoms with Gasteiger partial charge in [-0.15, -0.1) is 0 Å². The number of carbonyl (C=O) groups excluding carboxylic acids is 1. The highest BCUT2D eigenvalue weighted by atomic mass is 31.2. The maximum Gasteiger partial charge on any atom is 0.328 e. The molecule has 0 aliphatic rings. The van der Waals surface area contributed by atoms with Crippen molar-refractivity contribution in [2.45, 2.75) is 149 Å². The number of nitrogens with zero attached hydrogens (tertiary/aromatic N) is 1. The van der Waals surface area contributed by atoms with E-state index in [0.29, 0.717) is 12.2 Å². The molecule has 0 aliphatic carbocycles. The van der Waals surface area contributed by atoms with E-state index in [4.69, 9.17) is 9.47 Å². The zero-order valence-electron chi connectivity index (χ0n) is 29.3. The molecule has 1 heterocycles. The molecular formula is C37H61N2O7P. The van der Waals surface area contributed by atoms with Crippen molar-refractivity contribution >= 4 is 13.5 Å². The second kappa shape index (κ2) is 23.0. The van der Waals surface area contributed by atoms with E-state index in [1.165, 1.54) is 77.0 Å². The van der Waals surface area contributed by atoms with Crippen LogP contribution in [0.4, 0.5) is 0 Å². The summed E-state index contributed by atoms with van der Waals surface area (Å²) in [6, 6.07) is 6.40. The summed E-state index contributed by atoms with van der Waals surface area (Å²) in [6.07, 6.45) is 18.9. The molecule has 47 heavy (non-hydrogen) atoms. The SMILES string of the molecule is CCCCCCCCCCCCCCCCCC(=O)N[C@@H](Cc1ccc(OCc2ncc(C)c(OC)c2C)cc1)C(O)CP(=O)(O)O. The fourth-order valence-electron chi connectivity index (χ4n) is 5.93. The summed E-state index contributed by atoms with van der Waals surface area (Å²) in [4.78, 5) is 36.1. The number of hydrogen-bond donors (Lipinski definition) is 4. The van der Waals surface area contributed by atoms with Gasteiger partial charge in [0.15, 0.2) is 0 Å². The molecule has 0 bridgehead atoms. The first-order valence-electron chi connectivity index (χ1n) is 17.8. The maximum atomic E-state index is 12.8. The van der Waals surface area contributed by atoms with Crippen LogP contribution in [0.15, 0.2) is 30.5 Å². The summed E-state index contributed by atoms with van der Waals surface area (Å²) in [5.41, 5.74) is 3.45. The van der Waals surface area contributed by atoms with Crippen molar-refractivity contribution in [3.8, 4) is 11.5 Å². The molecule has 0 spiro atoms. The monoisotopic (exact) mass is 676 g/mol. The van der Waals surface area contributed by atoms with Crippen LogP contribution in [0.1, 0.15) is 132 Å². The third-order valence-electron chi connectivity index (χ3n) is 8.75. The number of methoxy groups -OCH3 is 1. The predicted octanol–water partition coefficient (Wildman–Crippen LogP) is 8.11. The maximum absolute atomic E-state index is 12.8. The summed E-state index contributed by atoms with van der Waals surface area (Å²) in [5, 5.41) is 13.5. The van der Waals surface area contributed by atoms with Crippen molar-refractivity contribution in [3.05, 3.63) is 52.8 Å². The average molecular weight is 677 g/mol. The van der Waals surface area contributed by atoms with Crippen LogP contribution in [0.2, 0.25) is 0 Å². The van der Waals surface area contributed by atoms with Crippen LogP contribution in [0.5, 0.6) is 11.5 Å². The molecule has 2 atom stereocenters. The lowest BCUT2D eigenvalue weighted by molar-refractivity contribution is -0.122. The summed E-state index contributed by atoms with van der Waals surface area (Å²) in [5.74, 6) is 1.19. The Balaban J connectivity index is 1.74. The number of ether oxygens (including phenoxy) is 2. The Bertz CT molecular complexity index is 1200. The predicted molar refractivity (Wildman–Crippen MR) is 189 cm³/mol. The number of aliphatic hydroxyl groups is 1. The highest BCUT2D eigenvalue weighted by Gasteiger charge is 2.28. The summed E-state index contributed by atoms with van der Waals surface area (Å²) < 4.78 is 23.0. The fraction of sp³-hybridized carbons (Fsp3) is 0.676. The second-order valence-corrected chi connectivity index (χ2v) is 14.7. The first-order chi connectivity index (χ1) is 22.5. The van der Waals surface area contributed by atoms with E-state index in [1.807, 2.05) is 26.0 Å².